The molecule has 2 atom stereocenters. The number of carbonyl (C=O) groups is 1. The fourth-order valence-corrected chi connectivity index (χ4v) is 6.43. The predicted molar refractivity (Wildman–Crippen MR) is 134 cm³/mol. The molecule has 1 unspecified atom stereocenters. The molecule has 1 aliphatic carbocycles. The molecule has 9 heteroatoms. The maximum absolute atomic E-state index is 13.4. The molecule has 6 rings (SSSR count). The van der Waals surface area contributed by atoms with Gasteiger partial charge in [0, 0.05) is 22.1 Å². The van der Waals surface area contributed by atoms with Crippen molar-refractivity contribution in [1.29, 1.82) is 0 Å². The second kappa shape index (κ2) is 9.09. The van der Waals surface area contributed by atoms with Crippen molar-refractivity contribution in [2.24, 2.45) is 0 Å². The number of benzene rings is 2. The van der Waals surface area contributed by atoms with Crippen LogP contribution in [-0.4, -0.2) is 46.9 Å². The lowest BCUT2D eigenvalue weighted by molar-refractivity contribution is -0.118. The van der Waals surface area contributed by atoms with Crippen LogP contribution in [0.4, 0.5) is 5.13 Å². The smallest absolute Gasteiger partial charge is 0.236 e. The van der Waals surface area contributed by atoms with Gasteiger partial charge < -0.3 is 19.9 Å². The van der Waals surface area contributed by atoms with Crippen molar-refractivity contribution in [3.05, 3.63) is 69.7 Å². The minimum absolute atomic E-state index is 0.0547. The summed E-state index contributed by atoms with van der Waals surface area (Å²) in [7, 11) is 0. The minimum Gasteiger partial charge on any atom is -0.454 e. The maximum Gasteiger partial charge on any atom is 0.236 e. The molecule has 3 heterocycles. The van der Waals surface area contributed by atoms with Crippen molar-refractivity contribution < 1.29 is 19.4 Å². The molecule has 2 fully saturated rings. The number of aliphatic hydroxyl groups excluding tert-OH is 1. The van der Waals surface area contributed by atoms with Gasteiger partial charge >= 0.3 is 0 Å². The van der Waals surface area contributed by atoms with E-state index in [-0.39, 0.29) is 31.4 Å². The Bertz CT molecular complexity index is 1260. The van der Waals surface area contributed by atoms with E-state index in [0.29, 0.717) is 21.7 Å². The van der Waals surface area contributed by atoms with E-state index >= 15 is 0 Å². The van der Waals surface area contributed by atoms with Crippen molar-refractivity contribution in [1.82, 2.24) is 9.88 Å². The Hall–Kier alpha value is -2.65. The van der Waals surface area contributed by atoms with E-state index in [1.807, 2.05) is 48.7 Å². The number of aromatic nitrogens is 1. The van der Waals surface area contributed by atoms with Gasteiger partial charge in [-0.05, 0) is 61.6 Å². The topological polar surface area (TPSA) is 83.9 Å². The number of carbonyl (C=O) groups excluding carboxylic acids is 1. The molecule has 2 aliphatic heterocycles. The highest BCUT2D eigenvalue weighted by molar-refractivity contribution is 7.15. The Balaban J connectivity index is 1.26. The Morgan fingerprint density at radius 3 is 2.89 bits per heavy atom. The Labute approximate surface area is 212 Å². The van der Waals surface area contributed by atoms with Crippen molar-refractivity contribution in [3.8, 4) is 11.5 Å². The maximum atomic E-state index is 13.4. The standard InChI is InChI=1S/C26H26ClN3O4S/c27-19-6-2-1-5-18(19)23(30-11-3-4-17(30)14-31)22-13-28-25(35-22)29-24(32)26(9-10-26)16-7-8-20-21(12-16)34-15-33-20/h1-2,5-8,12-13,17,23,31H,3-4,9-11,14-15H2,(H,28,29,32)/t17-,23?/m1/s1. The number of nitrogens with one attached hydrogen (secondary N) is 1. The summed E-state index contributed by atoms with van der Waals surface area (Å²) >= 11 is 8.07. The third-order valence-corrected chi connectivity index (χ3v) is 8.60. The molecule has 0 radical (unpaired) electrons. The molecule has 1 amide bonds. The molecule has 7 nitrogen and oxygen atoms in total. The molecule has 1 saturated heterocycles. The number of nitrogens with zero attached hydrogens (tertiary/aromatic N) is 2. The summed E-state index contributed by atoms with van der Waals surface area (Å²) in [6.45, 7) is 1.18. The van der Waals surface area contributed by atoms with Gasteiger partial charge in [0.25, 0.3) is 0 Å². The zero-order valence-electron chi connectivity index (χ0n) is 19.1. The van der Waals surface area contributed by atoms with Gasteiger partial charge in [0.15, 0.2) is 16.6 Å². The summed E-state index contributed by atoms with van der Waals surface area (Å²) in [5, 5.41) is 14.3. The van der Waals surface area contributed by atoms with Gasteiger partial charge in [-0.3, -0.25) is 9.69 Å². The van der Waals surface area contributed by atoms with Crippen LogP contribution in [0.3, 0.4) is 0 Å². The third kappa shape index (κ3) is 4.08. The second-order valence-electron chi connectivity index (χ2n) is 9.31. The monoisotopic (exact) mass is 511 g/mol. The first-order valence-electron chi connectivity index (χ1n) is 11.9. The van der Waals surface area contributed by atoms with Crippen LogP contribution in [0.2, 0.25) is 5.02 Å². The molecule has 0 bridgehead atoms. The fraction of sp³-hybridized carbons (Fsp3) is 0.385. The molecule has 2 N–H and O–H groups in total. The Kier molecular flexibility index (Phi) is 5.92. The molecule has 35 heavy (non-hydrogen) atoms. The summed E-state index contributed by atoms with van der Waals surface area (Å²) in [5.74, 6) is 1.34. The Morgan fingerprint density at radius 1 is 1.26 bits per heavy atom. The van der Waals surface area contributed by atoms with E-state index < -0.39 is 5.41 Å². The van der Waals surface area contributed by atoms with E-state index in [4.69, 9.17) is 21.1 Å². The molecule has 1 saturated carbocycles. The second-order valence-corrected chi connectivity index (χ2v) is 10.8. The van der Waals surface area contributed by atoms with E-state index in [9.17, 15) is 9.90 Å². The lowest BCUT2D eigenvalue weighted by atomic mass is 9.94. The van der Waals surface area contributed by atoms with Crippen molar-refractivity contribution in [3.63, 3.8) is 0 Å². The highest BCUT2D eigenvalue weighted by atomic mass is 35.5. The molecular weight excluding hydrogens is 486 g/mol. The number of fused-ring (bicyclic) bond motifs is 1. The summed E-state index contributed by atoms with van der Waals surface area (Å²) in [4.78, 5) is 21.2. The average Bonchev–Trinajstić information content (AvgIpc) is 3.19. The van der Waals surface area contributed by atoms with E-state index in [1.54, 1.807) is 0 Å². The van der Waals surface area contributed by atoms with Crippen LogP contribution in [0, 0.1) is 0 Å². The van der Waals surface area contributed by atoms with Crippen LogP contribution < -0.4 is 14.8 Å². The lowest BCUT2D eigenvalue weighted by Gasteiger charge is -2.32. The first-order valence-corrected chi connectivity index (χ1v) is 13.1. The highest BCUT2D eigenvalue weighted by Crippen LogP contribution is 2.51. The summed E-state index contributed by atoms with van der Waals surface area (Å²) < 4.78 is 10.9. The SMILES string of the molecule is O=C(Nc1ncc(C(c2ccccc2Cl)N2CCC[C@@H]2CO)s1)C1(c2ccc3c(c2)OCO3)CC1. The number of rotatable bonds is 7. The highest BCUT2D eigenvalue weighted by Gasteiger charge is 2.52. The zero-order valence-corrected chi connectivity index (χ0v) is 20.6. The normalized spacial score (nSPS) is 21.1. The van der Waals surface area contributed by atoms with Crippen LogP contribution in [0.15, 0.2) is 48.7 Å². The van der Waals surface area contributed by atoms with E-state index in [2.05, 4.69) is 15.2 Å². The van der Waals surface area contributed by atoms with Gasteiger partial charge in [0.1, 0.15) is 0 Å². The van der Waals surface area contributed by atoms with E-state index in [1.165, 1.54) is 11.3 Å². The van der Waals surface area contributed by atoms with Crippen LogP contribution >= 0.6 is 22.9 Å². The number of anilines is 1. The number of hydrogen-bond acceptors (Lipinski definition) is 7. The van der Waals surface area contributed by atoms with E-state index in [0.717, 1.165) is 48.2 Å². The summed E-state index contributed by atoms with van der Waals surface area (Å²) in [5.41, 5.74) is 1.36. The lowest BCUT2D eigenvalue weighted by Crippen LogP contribution is -2.36. The van der Waals surface area contributed by atoms with Gasteiger partial charge in [0.2, 0.25) is 12.7 Å². The number of ether oxygens (including phenoxy) is 2. The van der Waals surface area contributed by atoms with Gasteiger partial charge in [-0.2, -0.15) is 0 Å². The van der Waals surface area contributed by atoms with Gasteiger partial charge in [-0.25, -0.2) is 4.98 Å². The number of thiazole rings is 1. The molecular formula is C26H26ClN3O4S. The molecule has 2 aromatic carbocycles. The molecule has 1 aromatic heterocycles. The molecule has 182 valence electrons. The largest absolute Gasteiger partial charge is 0.454 e. The van der Waals surface area contributed by atoms with Gasteiger partial charge in [0.05, 0.1) is 18.1 Å². The number of hydrogen-bond donors (Lipinski definition) is 2. The number of amides is 1. The van der Waals surface area contributed by atoms with Crippen molar-refractivity contribution in [2.45, 2.75) is 43.2 Å². The molecule has 3 aromatic rings. The first-order chi connectivity index (χ1) is 17.1. The zero-order chi connectivity index (χ0) is 24.0. The average molecular weight is 512 g/mol. The van der Waals surface area contributed by atoms with Gasteiger partial charge in [-0.15, -0.1) is 0 Å². The number of halogens is 1. The quantitative estimate of drug-likeness (QED) is 0.476. The van der Waals surface area contributed by atoms with Gasteiger partial charge in [-0.1, -0.05) is 47.2 Å². The number of likely N-dealkylation sites (tertiary alicyclic amines) is 1. The van der Waals surface area contributed by atoms with Crippen LogP contribution in [-0.2, 0) is 10.2 Å². The van der Waals surface area contributed by atoms with Crippen molar-refractivity contribution >= 4 is 34.0 Å². The van der Waals surface area contributed by atoms with Crippen LogP contribution in [0.25, 0.3) is 0 Å². The first kappa shape index (κ1) is 22.8. The van der Waals surface area contributed by atoms with Crippen molar-refractivity contribution in [2.75, 3.05) is 25.3 Å². The summed E-state index contributed by atoms with van der Waals surface area (Å²) in [6, 6.07) is 13.5. The minimum atomic E-state index is -0.564. The predicted octanol–water partition coefficient (Wildman–Crippen LogP) is 4.74. The molecule has 0 spiro atoms. The van der Waals surface area contributed by atoms with Crippen LogP contribution in [0.5, 0.6) is 11.5 Å². The summed E-state index contributed by atoms with van der Waals surface area (Å²) in [6.07, 6.45) is 5.35. The Morgan fingerprint density at radius 2 is 2.09 bits per heavy atom. The van der Waals surface area contributed by atoms with Crippen LogP contribution in [0.1, 0.15) is 47.7 Å². The number of aliphatic hydroxyl groups is 1. The molecule has 3 aliphatic rings. The third-order valence-electron chi connectivity index (χ3n) is 7.29. The fourth-order valence-electron chi connectivity index (χ4n) is 5.24.